The molecule has 0 radical (unpaired) electrons. The van der Waals surface area contributed by atoms with Gasteiger partial charge in [-0.3, -0.25) is 4.79 Å². The molecule has 1 atom stereocenters. The molecule has 8 heteroatoms. The van der Waals surface area contributed by atoms with Crippen LogP contribution in [0.15, 0.2) is 24.3 Å². The zero-order chi connectivity index (χ0) is 15.6. The predicted molar refractivity (Wildman–Crippen MR) is 62.0 cm³/mol. The second-order valence-corrected chi connectivity index (χ2v) is 4.28. The summed E-state index contributed by atoms with van der Waals surface area (Å²) in [5.74, 6) is -3.63. The van der Waals surface area contributed by atoms with E-state index < -0.39 is 30.0 Å². The molecule has 1 aromatic carbocycles. The van der Waals surface area contributed by atoms with Crippen molar-refractivity contribution in [1.29, 1.82) is 0 Å². The summed E-state index contributed by atoms with van der Waals surface area (Å²) in [4.78, 5) is 22.3. The highest BCUT2D eigenvalue weighted by atomic mass is 19.4. The van der Waals surface area contributed by atoms with Crippen molar-refractivity contribution in [2.75, 3.05) is 0 Å². The van der Waals surface area contributed by atoms with Gasteiger partial charge in [-0.1, -0.05) is 18.2 Å². The van der Waals surface area contributed by atoms with Crippen LogP contribution in [0.1, 0.15) is 12.5 Å². The molecule has 20 heavy (non-hydrogen) atoms. The first-order valence-electron chi connectivity index (χ1n) is 5.46. The van der Waals surface area contributed by atoms with E-state index in [-0.39, 0.29) is 11.3 Å². The highest BCUT2D eigenvalue weighted by Gasteiger charge is 2.58. The number of rotatable bonds is 4. The molecule has 1 amide bonds. The summed E-state index contributed by atoms with van der Waals surface area (Å²) in [7, 11) is 0. The summed E-state index contributed by atoms with van der Waals surface area (Å²) in [6.07, 6.45) is -5.71. The molecule has 3 N–H and O–H groups in total. The van der Waals surface area contributed by atoms with Gasteiger partial charge in [0.25, 0.3) is 0 Å². The van der Waals surface area contributed by atoms with Crippen LogP contribution in [0.4, 0.5) is 13.2 Å². The maximum absolute atomic E-state index is 12.7. The number of carbonyl (C=O) groups is 2. The fourth-order valence-electron chi connectivity index (χ4n) is 1.40. The molecule has 0 bridgehead atoms. The number of aromatic hydroxyl groups is 1. The number of nitrogens with one attached hydrogen (secondary N) is 1. The molecule has 0 heterocycles. The number of amides is 1. The Balaban J connectivity index is 2.89. The number of hydrogen-bond donors (Lipinski definition) is 3. The summed E-state index contributed by atoms with van der Waals surface area (Å²) in [6.45, 7) is 0.359. The minimum Gasteiger partial charge on any atom is -0.508 e. The third-order valence-corrected chi connectivity index (χ3v) is 2.73. The first-order valence-corrected chi connectivity index (χ1v) is 5.46. The Bertz CT molecular complexity index is 530. The Morgan fingerprint density at radius 1 is 1.25 bits per heavy atom. The van der Waals surface area contributed by atoms with Gasteiger partial charge in [-0.15, -0.1) is 0 Å². The summed E-state index contributed by atoms with van der Waals surface area (Å²) >= 11 is 0. The van der Waals surface area contributed by atoms with Gasteiger partial charge in [-0.25, -0.2) is 4.79 Å². The van der Waals surface area contributed by atoms with Crippen LogP contribution in [0.3, 0.4) is 0 Å². The summed E-state index contributed by atoms with van der Waals surface area (Å²) in [5.41, 5.74) is -3.28. The number of carboxylic acid groups (broad SMARTS) is 1. The number of para-hydroxylation sites is 1. The van der Waals surface area contributed by atoms with E-state index in [1.54, 1.807) is 0 Å². The molecule has 110 valence electrons. The Morgan fingerprint density at radius 3 is 2.25 bits per heavy atom. The molecule has 1 aromatic rings. The normalized spacial score (nSPS) is 14.4. The van der Waals surface area contributed by atoms with E-state index in [9.17, 15) is 27.9 Å². The van der Waals surface area contributed by atoms with Gasteiger partial charge in [0.1, 0.15) is 5.75 Å². The Hall–Kier alpha value is -2.25. The fourth-order valence-corrected chi connectivity index (χ4v) is 1.40. The zero-order valence-corrected chi connectivity index (χ0v) is 10.4. The van der Waals surface area contributed by atoms with Gasteiger partial charge in [0.15, 0.2) is 0 Å². The molecular formula is C12H12F3NO4. The van der Waals surface area contributed by atoms with E-state index in [1.165, 1.54) is 29.6 Å². The van der Waals surface area contributed by atoms with Gasteiger partial charge in [0.05, 0.1) is 6.42 Å². The van der Waals surface area contributed by atoms with Gasteiger partial charge in [-0.2, -0.15) is 13.2 Å². The topological polar surface area (TPSA) is 86.6 Å². The van der Waals surface area contributed by atoms with Crippen molar-refractivity contribution < 1.29 is 33.0 Å². The number of phenolic OH excluding ortho intramolecular Hbond substituents is 1. The maximum Gasteiger partial charge on any atom is 0.422 e. The molecule has 0 aliphatic carbocycles. The van der Waals surface area contributed by atoms with Crippen molar-refractivity contribution in [2.45, 2.75) is 25.1 Å². The zero-order valence-electron chi connectivity index (χ0n) is 10.4. The molecule has 0 saturated heterocycles. The Morgan fingerprint density at radius 2 is 1.80 bits per heavy atom. The summed E-state index contributed by atoms with van der Waals surface area (Å²) < 4.78 is 38.1. The lowest BCUT2D eigenvalue weighted by atomic mass is 10.0. The molecule has 0 aliphatic rings. The molecule has 1 rings (SSSR count). The molecule has 0 aromatic heterocycles. The van der Waals surface area contributed by atoms with Crippen LogP contribution in [-0.4, -0.2) is 33.8 Å². The largest absolute Gasteiger partial charge is 0.508 e. The SMILES string of the molecule is CC(NC(=O)Cc1ccccc1O)(C(=O)O)C(F)(F)F. The number of carboxylic acids is 1. The molecule has 0 fully saturated rings. The van der Waals surface area contributed by atoms with Gasteiger partial charge in [-0.05, 0) is 13.0 Å². The smallest absolute Gasteiger partial charge is 0.422 e. The minimum atomic E-state index is -5.15. The number of benzene rings is 1. The van der Waals surface area contributed by atoms with Crippen LogP contribution >= 0.6 is 0 Å². The van der Waals surface area contributed by atoms with Crippen molar-refractivity contribution in [1.82, 2.24) is 5.32 Å². The van der Waals surface area contributed by atoms with Crippen LogP contribution in [-0.2, 0) is 16.0 Å². The minimum absolute atomic E-state index is 0.0971. The maximum atomic E-state index is 12.7. The fraction of sp³-hybridized carbons (Fsp3) is 0.333. The lowest BCUT2D eigenvalue weighted by Crippen LogP contribution is -2.62. The van der Waals surface area contributed by atoms with Crippen molar-refractivity contribution >= 4 is 11.9 Å². The van der Waals surface area contributed by atoms with Crippen LogP contribution in [0.5, 0.6) is 5.75 Å². The Labute approximate surface area is 112 Å². The second-order valence-electron chi connectivity index (χ2n) is 4.28. The highest BCUT2D eigenvalue weighted by molar-refractivity contribution is 5.88. The molecule has 0 saturated carbocycles. The molecule has 0 spiro atoms. The first kappa shape index (κ1) is 15.8. The monoisotopic (exact) mass is 291 g/mol. The first-order chi connectivity index (χ1) is 9.08. The van der Waals surface area contributed by atoms with Crippen molar-refractivity contribution in [2.24, 2.45) is 0 Å². The summed E-state index contributed by atoms with van der Waals surface area (Å²) in [6, 6.07) is 5.58. The highest BCUT2D eigenvalue weighted by Crippen LogP contribution is 2.30. The van der Waals surface area contributed by atoms with Crippen LogP contribution in [0, 0.1) is 0 Å². The van der Waals surface area contributed by atoms with Crippen molar-refractivity contribution in [3.63, 3.8) is 0 Å². The third-order valence-electron chi connectivity index (χ3n) is 2.73. The number of carbonyl (C=O) groups excluding carboxylic acids is 1. The van der Waals surface area contributed by atoms with Crippen LogP contribution in [0.2, 0.25) is 0 Å². The van der Waals surface area contributed by atoms with Crippen LogP contribution < -0.4 is 5.32 Å². The quantitative estimate of drug-likeness (QED) is 0.783. The van der Waals surface area contributed by atoms with Crippen LogP contribution in [0.25, 0.3) is 0 Å². The molecular weight excluding hydrogens is 279 g/mol. The number of phenols is 1. The molecule has 5 nitrogen and oxygen atoms in total. The molecule has 1 unspecified atom stereocenters. The second kappa shape index (κ2) is 5.40. The predicted octanol–water partition coefficient (Wildman–Crippen LogP) is 1.46. The third kappa shape index (κ3) is 3.19. The summed E-state index contributed by atoms with van der Waals surface area (Å²) in [5, 5.41) is 19.5. The van der Waals surface area contributed by atoms with Gasteiger partial charge < -0.3 is 15.5 Å². The lowest BCUT2D eigenvalue weighted by Gasteiger charge is -2.28. The van der Waals surface area contributed by atoms with Gasteiger partial charge >= 0.3 is 12.1 Å². The van der Waals surface area contributed by atoms with E-state index in [0.29, 0.717) is 6.92 Å². The van der Waals surface area contributed by atoms with Gasteiger partial charge in [0.2, 0.25) is 11.4 Å². The average Bonchev–Trinajstić information content (AvgIpc) is 2.30. The number of hydrogen-bond acceptors (Lipinski definition) is 3. The van der Waals surface area contributed by atoms with E-state index in [0.717, 1.165) is 0 Å². The van der Waals surface area contributed by atoms with Crippen molar-refractivity contribution in [3.8, 4) is 5.75 Å². The average molecular weight is 291 g/mol. The number of aliphatic carboxylic acids is 1. The van der Waals surface area contributed by atoms with E-state index in [1.807, 2.05) is 0 Å². The van der Waals surface area contributed by atoms with E-state index in [4.69, 9.17) is 5.11 Å². The van der Waals surface area contributed by atoms with E-state index in [2.05, 4.69) is 0 Å². The number of alkyl halides is 3. The van der Waals surface area contributed by atoms with Crippen molar-refractivity contribution in [3.05, 3.63) is 29.8 Å². The lowest BCUT2D eigenvalue weighted by molar-refractivity contribution is -0.206. The van der Waals surface area contributed by atoms with Gasteiger partial charge in [0, 0.05) is 5.56 Å². The standard InChI is InChI=1S/C12H12F3NO4/c1-11(10(19)20,12(13,14)15)16-9(18)6-7-4-2-3-5-8(7)17/h2-5,17H,6H2,1H3,(H,16,18)(H,19,20). The Kier molecular flexibility index (Phi) is 4.26. The molecule has 0 aliphatic heterocycles. The van der Waals surface area contributed by atoms with E-state index >= 15 is 0 Å². The number of halogens is 3.